The van der Waals surface area contributed by atoms with E-state index in [1.54, 1.807) is 5.38 Å². The number of hydrogen-bond donors (Lipinski definition) is 0. The maximum absolute atomic E-state index is 7.96. The zero-order valence-electron chi connectivity index (χ0n) is 3.33. The van der Waals surface area contributed by atoms with Crippen LogP contribution in [0.15, 0.2) is 10.5 Å². The van der Waals surface area contributed by atoms with Gasteiger partial charge in [0.25, 0.3) is 0 Å². The molecule has 1 aromatic heterocycles. The lowest BCUT2D eigenvalue weighted by molar-refractivity contribution is 1.25. The Bertz CT molecular complexity index is 145. The molecule has 0 spiro atoms. The van der Waals surface area contributed by atoms with E-state index in [0.29, 0.717) is 0 Å². The average Bonchev–Trinajstić information content (AvgIpc) is 2.14. The molecule has 0 amide bonds. The summed E-state index contributed by atoms with van der Waals surface area (Å²) in [7, 11) is 0. The molecule has 0 saturated carbocycles. The van der Waals surface area contributed by atoms with Gasteiger partial charge in [-0.05, 0) is 17.1 Å². The van der Waals surface area contributed by atoms with Gasteiger partial charge in [-0.3, -0.25) is 0 Å². The molecule has 7 heavy (non-hydrogen) atoms. The van der Waals surface area contributed by atoms with E-state index in [4.69, 9.17) is 5.53 Å². The fourth-order valence-corrected chi connectivity index (χ4v) is 0.629. The second kappa shape index (κ2) is 1.79. The average molecular weight is 111 g/mol. The minimum absolute atomic E-state index is 0.255. The first kappa shape index (κ1) is 4.39. The highest BCUT2D eigenvalue weighted by atomic mass is 32.1. The quantitative estimate of drug-likeness (QED) is 0.495. The molecule has 3 nitrogen and oxygen atoms in total. The van der Waals surface area contributed by atoms with Gasteiger partial charge in [-0.1, -0.05) is 0 Å². The summed E-state index contributed by atoms with van der Waals surface area (Å²) in [5, 5.41) is 4.39. The molecule has 0 N–H and O–H groups in total. The molecule has 0 aliphatic carbocycles. The van der Waals surface area contributed by atoms with Gasteiger partial charge in [-0.2, -0.15) is 4.37 Å². The van der Waals surface area contributed by atoms with Crippen LogP contribution in [0.1, 0.15) is 0 Å². The van der Waals surface area contributed by atoms with Crippen molar-refractivity contribution in [3.05, 3.63) is 11.4 Å². The Morgan fingerprint density at radius 3 is 3.14 bits per heavy atom. The highest BCUT2D eigenvalue weighted by molar-refractivity contribution is 7.03. The van der Waals surface area contributed by atoms with Crippen molar-refractivity contribution in [1.82, 2.24) is 9.90 Å². The van der Waals surface area contributed by atoms with E-state index in [0.717, 1.165) is 0 Å². The molecular weight excluding hydrogens is 110 g/mol. The Balaban J connectivity index is 2.96. The number of nitrogens with zero attached hydrogens (tertiary/aromatic N) is 3. The monoisotopic (exact) mass is 111 g/mol. The molecule has 4 heteroatoms. The first-order valence-corrected chi connectivity index (χ1v) is 2.44. The SMILES string of the molecule is [N]=Nc1[c]csn1. The van der Waals surface area contributed by atoms with Crippen LogP contribution in [0.25, 0.3) is 0 Å². The van der Waals surface area contributed by atoms with Crippen LogP contribution in [0.3, 0.4) is 0 Å². The van der Waals surface area contributed by atoms with E-state index >= 15 is 0 Å². The van der Waals surface area contributed by atoms with Crippen molar-refractivity contribution in [3.63, 3.8) is 0 Å². The van der Waals surface area contributed by atoms with Gasteiger partial charge >= 0.3 is 0 Å². The molecular formula is C3HN3S. The Morgan fingerprint density at radius 1 is 2.00 bits per heavy atom. The van der Waals surface area contributed by atoms with Crippen molar-refractivity contribution < 1.29 is 0 Å². The molecule has 0 saturated heterocycles. The van der Waals surface area contributed by atoms with Crippen molar-refractivity contribution in [2.24, 2.45) is 5.11 Å². The normalized spacial score (nSPS) is 8.57. The van der Waals surface area contributed by atoms with E-state index in [-0.39, 0.29) is 5.82 Å². The fourth-order valence-electron chi connectivity index (χ4n) is 0.229. The zero-order valence-corrected chi connectivity index (χ0v) is 4.14. The van der Waals surface area contributed by atoms with E-state index in [9.17, 15) is 0 Å². The Kier molecular flexibility index (Phi) is 1.12. The highest BCUT2D eigenvalue weighted by Gasteiger charge is 1.85. The summed E-state index contributed by atoms with van der Waals surface area (Å²) in [4.78, 5) is 0. The molecule has 1 heterocycles. The number of rotatable bonds is 1. The molecule has 0 aliphatic rings. The summed E-state index contributed by atoms with van der Waals surface area (Å²) in [5.41, 5.74) is 7.96. The maximum atomic E-state index is 7.96. The Morgan fingerprint density at radius 2 is 2.86 bits per heavy atom. The van der Waals surface area contributed by atoms with Crippen LogP contribution in [0.2, 0.25) is 0 Å². The van der Waals surface area contributed by atoms with Gasteiger partial charge in [-0.15, -0.1) is 5.11 Å². The van der Waals surface area contributed by atoms with Gasteiger partial charge in [0.2, 0.25) is 0 Å². The van der Waals surface area contributed by atoms with Gasteiger partial charge in [0, 0.05) is 11.4 Å². The van der Waals surface area contributed by atoms with Gasteiger partial charge in [-0.25, -0.2) is 0 Å². The summed E-state index contributed by atoms with van der Waals surface area (Å²) in [6, 6.07) is 2.58. The lowest BCUT2D eigenvalue weighted by Crippen LogP contribution is -1.53. The van der Waals surface area contributed by atoms with Gasteiger partial charge in [0.05, 0.1) is 0 Å². The van der Waals surface area contributed by atoms with Crippen LogP contribution in [-0.4, -0.2) is 4.37 Å². The largest absolute Gasteiger partial charge is 0.197 e. The molecule has 0 fully saturated rings. The van der Waals surface area contributed by atoms with Crippen LogP contribution < -0.4 is 5.53 Å². The predicted octanol–water partition coefficient (Wildman–Crippen LogP) is 0.827. The fraction of sp³-hybridized carbons (Fsp3) is 0. The molecule has 0 atom stereocenters. The smallest absolute Gasteiger partial charge is 0.170 e. The van der Waals surface area contributed by atoms with Gasteiger partial charge in [0.15, 0.2) is 5.82 Å². The molecule has 1 rings (SSSR count). The maximum Gasteiger partial charge on any atom is 0.197 e. The molecule has 0 unspecified atom stereocenters. The minimum Gasteiger partial charge on any atom is -0.170 e. The van der Waals surface area contributed by atoms with E-state index in [1.165, 1.54) is 11.5 Å². The first-order chi connectivity index (χ1) is 3.43. The number of aromatic nitrogens is 1. The third-order valence-electron chi connectivity index (χ3n) is 0.475. The lowest BCUT2D eigenvalue weighted by Gasteiger charge is -1.65. The lowest BCUT2D eigenvalue weighted by atomic mass is 10.7. The summed E-state index contributed by atoms with van der Waals surface area (Å²) < 4.78 is 3.60. The van der Waals surface area contributed by atoms with E-state index < -0.39 is 0 Å². The molecule has 34 valence electrons. The van der Waals surface area contributed by atoms with Crippen molar-refractivity contribution in [1.29, 1.82) is 0 Å². The van der Waals surface area contributed by atoms with Crippen LogP contribution in [0, 0.1) is 6.07 Å². The molecule has 1 aromatic rings. The molecule has 0 bridgehead atoms. The third-order valence-corrected chi connectivity index (χ3v) is 0.976. The third kappa shape index (κ3) is 0.806. The van der Waals surface area contributed by atoms with Crippen molar-refractivity contribution in [2.75, 3.05) is 0 Å². The topological polar surface area (TPSA) is 47.5 Å². The molecule has 0 aliphatic heterocycles. The van der Waals surface area contributed by atoms with E-state index in [2.05, 4.69) is 15.6 Å². The van der Waals surface area contributed by atoms with Crippen LogP contribution in [0.4, 0.5) is 5.82 Å². The number of hydrogen-bond acceptors (Lipinski definition) is 3. The van der Waals surface area contributed by atoms with E-state index in [1.807, 2.05) is 0 Å². The first-order valence-electron chi connectivity index (χ1n) is 1.60. The van der Waals surface area contributed by atoms with Crippen molar-refractivity contribution in [2.45, 2.75) is 0 Å². The van der Waals surface area contributed by atoms with Crippen LogP contribution >= 0.6 is 11.5 Å². The Hall–Kier alpha value is -0.770. The van der Waals surface area contributed by atoms with Gasteiger partial charge < -0.3 is 0 Å². The predicted molar refractivity (Wildman–Crippen MR) is 25.2 cm³/mol. The summed E-state index contributed by atoms with van der Waals surface area (Å²) in [5.74, 6) is 0.255. The van der Waals surface area contributed by atoms with Crippen LogP contribution in [0.5, 0.6) is 0 Å². The highest BCUT2D eigenvalue weighted by Crippen LogP contribution is 2.05. The zero-order chi connectivity index (χ0) is 5.11. The second-order valence-electron chi connectivity index (χ2n) is 0.882. The minimum atomic E-state index is 0.255. The molecule has 0 aromatic carbocycles. The standard InChI is InChI=1S/C3HN3S/c4-5-3-1-2-7-6-3/h2H. The van der Waals surface area contributed by atoms with Crippen LogP contribution in [-0.2, 0) is 0 Å². The summed E-state index contributed by atoms with van der Waals surface area (Å²) >= 11 is 1.20. The second-order valence-corrected chi connectivity index (χ2v) is 1.51. The Labute approximate surface area is 44.7 Å². The van der Waals surface area contributed by atoms with Crippen molar-refractivity contribution >= 4 is 17.4 Å². The summed E-state index contributed by atoms with van der Waals surface area (Å²) in [6.07, 6.45) is 0. The van der Waals surface area contributed by atoms with Gasteiger partial charge in [0.1, 0.15) is 0 Å². The van der Waals surface area contributed by atoms with Crippen molar-refractivity contribution in [3.8, 4) is 0 Å². The summed E-state index contributed by atoms with van der Waals surface area (Å²) in [6.45, 7) is 0. The molecule has 2 radical (unpaired) electrons.